The number of carbonyl (C=O) groups excluding carboxylic acids is 1. The summed E-state index contributed by atoms with van der Waals surface area (Å²) in [7, 11) is 0. The van der Waals surface area contributed by atoms with Gasteiger partial charge in [0.15, 0.2) is 0 Å². The van der Waals surface area contributed by atoms with E-state index in [-0.39, 0.29) is 6.03 Å². The molecule has 0 saturated heterocycles. The van der Waals surface area contributed by atoms with E-state index in [0.717, 1.165) is 0 Å². The van der Waals surface area contributed by atoms with Crippen molar-refractivity contribution in [2.24, 2.45) is 5.92 Å². The fourth-order valence-corrected chi connectivity index (χ4v) is 1.16. The minimum absolute atomic E-state index is 0.0727. The second-order valence-corrected chi connectivity index (χ2v) is 3.58. The maximum absolute atomic E-state index is 11.5. The van der Waals surface area contributed by atoms with Crippen molar-refractivity contribution in [2.45, 2.75) is 27.2 Å². The first kappa shape index (κ1) is 12.8. The Hall–Kier alpha value is -1.24. The van der Waals surface area contributed by atoms with Gasteiger partial charge < -0.3 is 10.2 Å². The van der Waals surface area contributed by atoms with E-state index in [2.05, 4.69) is 19.2 Å². The normalized spacial score (nSPS) is 9.64. The summed E-state index contributed by atoms with van der Waals surface area (Å²) in [5, 5.41) is 11.2. The second kappa shape index (κ2) is 7.19. The lowest BCUT2D eigenvalue weighted by Crippen LogP contribution is -2.42. The molecular weight excluding hydrogens is 178 g/mol. The van der Waals surface area contributed by atoms with Gasteiger partial charge in [-0.3, -0.25) is 0 Å². The Kier molecular flexibility index (Phi) is 6.55. The number of hydrogen-bond acceptors (Lipinski definition) is 2. The lowest BCUT2D eigenvalue weighted by atomic mass is 10.2. The first-order valence-corrected chi connectivity index (χ1v) is 5.01. The van der Waals surface area contributed by atoms with Gasteiger partial charge >= 0.3 is 6.03 Å². The molecule has 0 aliphatic carbocycles. The Balaban J connectivity index is 4.09. The van der Waals surface area contributed by atoms with Gasteiger partial charge in [0.1, 0.15) is 0 Å². The van der Waals surface area contributed by atoms with Crippen LogP contribution in [0.1, 0.15) is 27.2 Å². The first-order valence-electron chi connectivity index (χ1n) is 5.01. The third-order valence-electron chi connectivity index (χ3n) is 1.69. The van der Waals surface area contributed by atoms with Gasteiger partial charge in [0.05, 0.1) is 12.5 Å². The van der Waals surface area contributed by atoms with Crippen LogP contribution in [-0.2, 0) is 0 Å². The average molecular weight is 197 g/mol. The molecule has 4 heteroatoms. The Labute approximate surface area is 85.9 Å². The monoisotopic (exact) mass is 197 g/mol. The quantitative estimate of drug-likeness (QED) is 0.727. The lowest BCUT2D eigenvalue weighted by Gasteiger charge is -2.23. The van der Waals surface area contributed by atoms with Gasteiger partial charge in [-0.05, 0) is 12.8 Å². The molecule has 0 aromatic heterocycles. The number of amides is 2. The first-order chi connectivity index (χ1) is 6.61. The maximum Gasteiger partial charge on any atom is 0.317 e. The lowest BCUT2D eigenvalue weighted by molar-refractivity contribution is 0.192. The van der Waals surface area contributed by atoms with Crippen molar-refractivity contribution in [3.8, 4) is 6.07 Å². The SMILES string of the molecule is CCNC(=O)N(CCC#N)CC(C)C. The minimum atomic E-state index is -0.0727. The highest BCUT2D eigenvalue weighted by Gasteiger charge is 2.12. The van der Waals surface area contributed by atoms with Crippen molar-refractivity contribution in [3.05, 3.63) is 0 Å². The van der Waals surface area contributed by atoms with Crippen LogP contribution in [0.2, 0.25) is 0 Å². The van der Waals surface area contributed by atoms with Crippen LogP contribution in [0.25, 0.3) is 0 Å². The topological polar surface area (TPSA) is 56.1 Å². The highest BCUT2D eigenvalue weighted by Crippen LogP contribution is 2.00. The van der Waals surface area contributed by atoms with Gasteiger partial charge in [0.25, 0.3) is 0 Å². The van der Waals surface area contributed by atoms with Crippen LogP contribution in [0.3, 0.4) is 0 Å². The summed E-state index contributed by atoms with van der Waals surface area (Å²) in [6.45, 7) is 7.83. The minimum Gasteiger partial charge on any atom is -0.338 e. The third-order valence-corrected chi connectivity index (χ3v) is 1.69. The van der Waals surface area contributed by atoms with E-state index in [0.29, 0.717) is 32.0 Å². The van der Waals surface area contributed by atoms with E-state index in [1.54, 1.807) is 4.90 Å². The van der Waals surface area contributed by atoms with Crippen molar-refractivity contribution in [2.75, 3.05) is 19.6 Å². The number of hydrogen-bond donors (Lipinski definition) is 1. The molecular formula is C10H19N3O. The molecule has 0 aromatic rings. The van der Waals surface area contributed by atoms with Crippen LogP contribution in [0.4, 0.5) is 4.79 Å². The molecule has 0 radical (unpaired) electrons. The van der Waals surface area contributed by atoms with Gasteiger partial charge in [-0.25, -0.2) is 4.79 Å². The van der Waals surface area contributed by atoms with E-state index in [9.17, 15) is 4.79 Å². The fourth-order valence-electron chi connectivity index (χ4n) is 1.16. The fraction of sp³-hybridized carbons (Fsp3) is 0.800. The highest BCUT2D eigenvalue weighted by molar-refractivity contribution is 5.74. The Morgan fingerprint density at radius 3 is 2.64 bits per heavy atom. The van der Waals surface area contributed by atoms with Crippen LogP contribution in [0.5, 0.6) is 0 Å². The Bertz CT molecular complexity index is 208. The molecule has 80 valence electrons. The van der Waals surface area contributed by atoms with E-state index in [1.807, 2.05) is 13.0 Å². The van der Waals surface area contributed by atoms with Gasteiger partial charge in [-0.15, -0.1) is 0 Å². The summed E-state index contributed by atoms with van der Waals surface area (Å²) < 4.78 is 0. The zero-order chi connectivity index (χ0) is 11.0. The van der Waals surface area contributed by atoms with Gasteiger partial charge in [0, 0.05) is 19.6 Å². The van der Waals surface area contributed by atoms with Gasteiger partial charge in [0.2, 0.25) is 0 Å². The summed E-state index contributed by atoms with van der Waals surface area (Å²) >= 11 is 0. The number of nitrogens with one attached hydrogen (secondary N) is 1. The van der Waals surface area contributed by atoms with E-state index in [1.165, 1.54) is 0 Å². The van der Waals surface area contributed by atoms with Gasteiger partial charge in [-0.1, -0.05) is 13.8 Å². The molecule has 2 amide bonds. The van der Waals surface area contributed by atoms with Crippen LogP contribution < -0.4 is 5.32 Å². The molecule has 0 rings (SSSR count). The van der Waals surface area contributed by atoms with Crippen molar-refractivity contribution >= 4 is 6.03 Å². The summed E-state index contributed by atoms with van der Waals surface area (Å²) in [4.78, 5) is 13.2. The van der Waals surface area contributed by atoms with Crippen LogP contribution in [-0.4, -0.2) is 30.6 Å². The largest absolute Gasteiger partial charge is 0.338 e. The summed E-state index contributed by atoms with van der Waals surface area (Å²) in [6, 6.07) is 1.97. The molecule has 0 aliphatic rings. The van der Waals surface area contributed by atoms with Crippen molar-refractivity contribution in [3.63, 3.8) is 0 Å². The average Bonchev–Trinajstić information content (AvgIpc) is 2.12. The summed E-state index contributed by atoms with van der Waals surface area (Å²) in [5.74, 6) is 0.427. The molecule has 0 aliphatic heterocycles. The highest BCUT2D eigenvalue weighted by atomic mass is 16.2. The number of nitriles is 1. The van der Waals surface area contributed by atoms with E-state index < -0.39 is 0 Å². The standard InChI is InChI=1S/C10H19N3O/c1-4-12-10(14)13(7-5-6-11)8-9(2)3/h9H,4-5,7-8H2,1-3H3,(H,12,14). The predicted octanol–water partition coefficient (Wildman–Crippen LogP) is 1.59. The van der Waals surface area contributed by atoms with Gasteiger partial charge in [-0.2, -0.15) is 5.26 Å². The summed E-state index contributed by atoms with van der Waals surface area (Å²) in [6.07, 6.45) is 0.393. The zero-order valence-corrected chi connectivity index (χ0v) is 9.21. The molecule has 0 fully saturated rings. The van der Waals surface area contributed by atoms with Crippen molar-refractivity contribution in [1.82, 2.24) is 10.2 Å². The zero-order valence-electron chi connectivity index (χ0n) is 9.21. The molecule has 1 N–H and O–H groups in total. The number of carbonyl (C=O) groups is 1. The maximum atomic E-state index is 11.5. The molecule has 0 unspecified atom stereocenters. The second-order valence-electron chi connectivity index (χ2n) is 3.58. The van der Waals surface area contributed by atoms with Crippen molar-refractivity contribution < 1.29 is 4.79 Å². The summed E-state index contributed by atoms with van der Waals surface area (Å²) in [5.41, 5.74) is 0. The molecule has 0 spiro atoms. The number of nitrogens with zero attached hydrogens (tertiary/aromatic N) is 2. The predicted molar refractivity (Wildman–Crippen MR) is 55.7 cm³/mol. The molecule has 0 bridgehead atoms. The van der Waals surface area contributed by atoms with E-state index >= 15 is 0 Å². The molecule has 0 saturated carbocycles. The van der Waals surface area contributed by atoms with Crippen molar-refractivity contribution in [1.29, 1.82) is 5.26 Å². The molecule has 4 nitrogen and oxygen atoms in total. The molecule has 0 atom stereocenters. The molecule has 0 aromatic carbocycles. The van der Waals surface area contributed by atoms with E-state index in [4.69, 9.17) is 5.26 Å². The van der Waals surface area contributed by atoms with Crippen LogP contribution >= 0.6 is 0 Å². The molecule has 14 heavy (non-hydrogen) atoms. The Morgan fingerprint density at radius 2 is 2.21 bits per heavy atom. The smallest absolute Gasteiger partial charge is 0.317 e. The van der Waals surface area contributed by atoms with Crippen LogP contribution in [0, 0.1) is 17.2 Å². The Morgan fingerprint density at radius 1 is 1.57 bits per heavy atom. The third kappa shape index (κ3) is 5.41. The van der Waals surface area contributed by atoms with Crippen LogP contribution in [0.15, 0.2) is 0 Å². The molecule has 0 heterocycles. The number of rotatable bonds is 5. The number of urea groups is 1.